The Labute approximate surface area is 132 Å². The minimum atomic E-state index is 0.323. The molecular weight excluding hydrogens is 272 g/mol. The second kappa shape index (κ2) is 6.44. The number of rotatable bonds is 3. The van der Waals surface area contributed by atoms with E-state index in [0.29, 0.717) is 18.0 Å². The quantitative estimate of drug-likeness (QED) is 0.913. The molecule has 3 rings (SSSR count). The molecule has 1 aromatic heterocycles. The van der Waals surface area contributed by atoms with Crippen molar-refractivity contribution >= 4 is 5.95 Å². The van der Waals surface area contributed by atoms with Gasteiger partial charge in [-0.1, -0.05) is 18.2 Å². The van der Waals surface area contributed by atoms with E-state index in [1.54, 1.807) is 6.20 Å². The van der Waals surface area contributed by atoms with Crippen LogP contribution in [0.25, 0.3) is 11.3 Å². The molecule has 116 valence electrons. The molecule has 1 aliphatic heterocycles. The summed E-state index contributed by atoms with van der Waals surface area (Å²) in [7, 11) is 0. The van der Waals surface area contributed by atoms with E-state index in [1.165, 1.54) is 18.4 Å². The van der Waals surface area contributed by atoms with Crippen molar-refractivity contribution in [2.75, 3.05) is 5.73 Å². The Balaban J connectivity index is 1.77. The first-order valence-electron chi connectivity index (χ1n) is 8.04. The van der Waals surface area contributed by atoms with Gasteiger partial charge in [-0.05, 0) is 56.7 Å². The van der Waals surface area contributed by atoms with Crippen molar-refractivity contribution in [2.45, 2.75) is 45.2 Å². The predicted octanol–water partition coefficient (Wildman–Crippen LogP) is 3.04. The molecule has 0 saturated carbocycles. The molecule has 2 heterocycles. The second-order valence-electron chi connectivity index (χ2n) is 6.51. The molecule has 3 N–H and O–H groups in total. The topological polar surface area (TPSA) is 63.8 Å². The number of hydrogen-bond acceptors (Lipinski definition) is 4. The van der Waals surface area contributed by atoms with Crippen molar-refractivity contribution < 1.29 is 0 Å². The predicted molar refractivity (Wildman–Crippen MR) is 90.4 cm³/mol. The third-order valence-corrected chi connectivity index (χ3v) is 4.36. The van der Waals surface area contributed by atoms with Gasteiger partial charge in [-0.2, -0.15) is 0 Å². The summed E-state index contributed by atoms with van der Waals surface area (Å²) in [4.78, 5) is 8.27. The van der Waals surface area contributed by atoms with Crippen LogP contribution in [0.5, 0.6) is 0 Å². The Morgan fingerprint density at radius 3 is 2.68 bits per heavy atom. The van der Waals surface area contributed by atoms with Crippen molar-refractivity contribution in [3.8, 4) is 11.3 Å². The highest BCUT2D eigenvalue weighted by molar-refractivity contribution is 5.60. The van der Waals surface area contributed by atoms with Crippen molar-refractivity contribution in [3.63, 3.8) is 0 Å². The monoisotopic (exact) mass is 296 g/mol. The summed E-state index contributed by atoms with van der Waals surface area (Å²) in [5.74, 6) is 1.07. The van der Waals surface area contributed by atoms with Crippen LogP contribution in [-0.2, 0) is 6.42 Å². The molecular formula is C18H24N4. The van der Waals surface area contributed by atoms with Gasteiger partial charge < -0.3 is 11.1 Å². The van der Waals surface area contributed by atoms with Crippen molar-refractivity contribution in [3.05, 3.63) is 42.1 Å². The van der Waals surface area contributed by atoms with Crippen molar-refractivity contribution in [1.29, 1.82) is 0 Å². The van der Waals surface area contributed by atoms with Crippen LogP contribution >= 0.6 is 0 Å². The molecule has 0 bridgehead atoms. The minimum absolute atomic E-state index is 0.323. The molecule has 4 heteroatoms. The molecule has 1 fully saturated rings. The lowest BCUT2D eigenvalue weighted by Crippen LogP contribution is -2.42. The van der Waals surface area contributed by atoms with Crippen LogP contribution in [-0.4, -0.2) is 22.1 Å². The molecule has 0 spiro atoms. The second-order valence-corrected chi connectivity index (χ2v) is 6.51. The molecule has 2 unspecified atom stereocenters. The van der Waals surface area contributed by atoms with Gasteiger partial charge in [0, 0.05) is 23.8 Å². The number of hydrogen-bond donors (Lipinski definition) is 2. The number of aromatic nitrogens is 2. The van der Waals surface area contributed by atoms with Gasteiger partial charge in [0.25, 0.3) is 0 Å². The van der Waals surface area contributed by atoms with Crippen LogP contribution in [0.2, 0.25) is 0 Å². The number of nitrogen functional groups attached to an aromatic ring is 1. The zero-order valence-electron chi connectivity index (χ0n) is 13.3. The molecule has 2 atom stereocenters. The van der Waals surface area contributed by atoms with E-state index in [4.69, 9.17) is 5.73 Å². The molecule has 22 heavy (non-hydrogen) atoms. The van der Waals surface area contributed by atoms with E-state index in [1.807, 2.05) is 6.07 Å². The Morgan fingerprint density at radius 1 is 1.18 bits per heavy atom. The number of benzene rings is 1. The lowest BCUT2D eigenvalue weighted by Gasteiger charge is -2.33. The van der Waals surface area contributed by atoms with Crippen LogP contribution < -0.4 is 11.1 Å². The Bertz CT molecular complexity index is 630. The van der Waals surface area contributed by atoms with Crippen LogP contribution in [0, 0.1) is 5.92 Å². The Hall–Kier alpha value is -1.94. The molecule has 2 aromatic rings. The smallest absolute Gasteiger partial charge is 0.220 e. The van der Waals surface area contributed by atoms with E-state index in [2.05, 4.69) is 53.4 Å². The summed E-state index contributed by atoms with van der Waals surface area (Å²) < 4.78 is 0. The summed E-state index contributed by atoms with van der Waals surface area (Å²) in [5, 5.41) is 3.61. The van der Waals surface area contributed by atoms with Crippen LogP contribution in [0.15, 0.2) is 36.5 Å². The SMILES string of the molecule is CC1CC(Cc2cccc(-c3ccnc(N)n3)c2)CC(C)N1. The Morgan fingerprint density at radius 2 is 1.95 bits per heavy atom. The van der Waals surface area contributed by atoms with Gasteiger partial charge in [0.2, 0.25) is 5.95 Å². The van der Waals surface area contributed by atoms with Gasteiger partial charge in [-0.15, -0.1) is 0 Å². The van der Waals surface area contributed by atoms with Crippen LogP contribution in [0.1, 0.15) is 32.3 Å². The Kier molecular flexibility index (Phi) is 4.39. The highest BCUT2D eigenvalue weighted by Gasteiger charge is 2.23. The van der Waals surface area contributed by atoms with Gasteiger partial charge in [-0.25, -0.2) is 9.97 Å². The zero-order chi connectivity index (χ0) is 15.5. The van der Waals surface area contributed by atoms with Gasteiger partial charge in [0.05, 0.1) is 5.69 Å². The summed E-state index contributed by atoms with van der Waals surface area (Å²) in [6.07, 6.45) is 5.33. The first-order chi connectivity index (χ1) is 10.6. The molecule has 0 amide bonds. The average Bonchev–Trinajstić information content (AvgIpc) is 2.46. The lowest BCUT2D eigenvalue weighted by molar-refractivity contribution is 0.262. The lowest BCUT2D eigenvalue weighted by atomic mass is 9.84. The maximum Gasteiger partial charge on any atom is 0.220 e. The van der Waals surface area contributed by atoms with E-state index in [0.717, 1.165) is 23.6 Å². The number of piperidine rings is 1. The summed E-state index contributed by atoms with van der Waals surface area (Å²) >= 11 is 0. The van der Waals surface area contributed by atoms with E-state index in [9.17, 15) is 0 Å². The average molecular weight is 296 g/mol. The van der Waals surface area contributed by atoms with E-state index >= 15 is 0 Å². The highest BCUT2D eigenvalue weighted by atomic mass is 15.0. The summed E-state index contributed by atoms with van der Waals surface area (Å²) in [6.45, 7) is 4.56. The maximum absolute atomic E-state index is 5.68. The fourth-order valence-corrected chi connectivity index (χ4v) is 3.61. The molecule has 1 aromatic carbocycles. The van der Waals surface area contributed by atoms with Gasteiger partial charge >= 0.3 is 0 Å². The van der Waals surface area contributed by atoms with Crippen LogP contribution in [0.3, 0.4) is 0 Å². The summed E-state index contributed by atoms with van der Waals surface area (Å²) in [6, 6.07) is 11.8. The maximum atomic E-state index is 5.68. The fourth-order valence-electron chi connectivity index (χ4n) is 3.61. The van der Waals surface area contributed by atoms with Crippen molar-refractivity contribution in [2.24, 2.45) is 5.92 Å². The molecule has 0 radical (unpaired) electrons. The van der Waals surface area contributed by atoms with Gasteiger partial charge in [0.1, 0.15) is 0 Å². The number of nitrogens with two attached hydrogens (primary N) is 1. The molecule has 1 aliphatic rings. The minimum Gasteiger partial charge on any atom is -0.368 e. The first kappa shape index (κ1) is 15.0. The van der Waals surface area contributed by atoms with E-state index in [-0.39, 0.29) is 0 Å². The van der Waals surface area contributed by atoms with Gasteiger partial charge in [-0.3, -0.25) is 0 Å². The summed E-state index contributed by atoms with van der Waals surface area (Å²) in [5.41, 5.74) is 9.06. The number of nitrogens with one attached hydrogen (secondary N) is 1. The fraction of sp³-hybridized carbons (Fsp3) is 0.444. The third kappa shape index (κ3) is 3.63. The molecule has 4 nitrogen and oxygen atoms in total. The standard InChI is InChI=1S/C18H24N4/c1-12-8-15(9-13(2)21-12)10-14-4-3-5-16(11-14)17-6-7-20-18(19)22-17/h3-7,11-13,15,21H,8-10H2,1-2H3,(H2,19,20,22). The molecule has 1 saturated heterocycles. The number of anilines is 1. The van der Waals surface area contributed by atoms with Crippen LogP contribution in [0.4, 0.5) is 5.95 Å². The third-order valence-electron chi connectivity index (χ3n) is 4.36. The first-order valence-corrected chi connectivity index (χ1v) is 8.04. The largest absolute Gasteiger partial charge is 0.368 e. The molecule has 0 aliphatic carbocycles. The van der Waals surface area contributed by atoms with Gasteiger partial charge in [0.15, 0.2) is 0 Å². The van der Waals surface area contributed by atoms with Crippen molar-refractivity contribution in [1.82, 2.24) is 15.3 Å². The zero-order valence-corrected chi connectivity index (χ0v) is 13.3. The normalized spacial score (nSPS) is 25.1. The number of nitrogens with zero attached hydrogens (tertiary/aromatic N) is 2. The highest BCUT2D eigenvalue weighted by Crippen LogP contribution is 2.26. The van der Waals surface area contributed by atoms with E-state index < -0.39 is 0 Å².